The molecule has 1 fully saturated rings. The summed E-state index contributed by atoms with van der Waals surface area (Å²) in [5.74, 6) is 0.0822. The summed E-state index contributed by atoms with van der Waals surface area (Å²) in [5, 5.41) is 0.674. The zero-order valence-corrected chi connectivity index (χ0v) is 13.9. The van der Waals surface area contributed by atoms with Crippen LogP contribution in [-0.4, -0.2) is 17.6 Å². The Labute approximate surface area is 140 Å². The molecule has 2 aromatic carbocycles. The van der Waals surface area contributed by atoms with Crippen molar-refractivity contribution >= 4 is 23.2 Å². The van der Waals surface area contributed by atoms with Gasteiger partial charge in [-0.25, -0.2) is 0 Å². The van der Waals surface area contributed by atoms with Crippen molar-refractivity contribution in [3.63, 3.8) is 0 Å². The van der Waals surface area contributed by atoms with Crippen LogP contribution < -0.4 is 4.90 Å². The number of epoxide rings is 1. The maximum absolute atomic E-state index is 13.0. The Morgan fingerprint density at radius 2 is 1.96 bits per heavy atom. The number of nitrogens with zero attached hydrogens (tertiary/aromatic N) is 1. The predicted octanol–water partition coefficient (Wildman–Crippen LogP) is 4.15. The van der Waals surface area contributed by atoms with Gasteiger partial charge in [0, 0.05) is 10.6 Å². The van der Waals surface area contributed by atoms with E-state index >= 15 is 0 Å². The maximum Gasteiger partial charge on any atom is 0.232 e. The molecule has 0 N–H and O–H groups in total. The first-order chi connectivity index (χ1) is 11.0. The van der Waals surface area contributed by atoms with Crippen LogP contribution in [0.1, 0.15) is 31.1 Å². The molecule has 23 heavy (non-hydrogen) atoms. The topological polar surface area (TPSA) is 32.8 Å². The lowest BCUT2D eigenvalue weighted by molar-refractivity contribution is -0.119. The smallest absolute Gasteiger partial charge is 0.232 e. The van der Waals surface area contributed by atoms with E-state index in [0.717, 1.165) is 16.8 Å². The lowest BCUT2D eigenvalue weighted by atomic mass is 9.86. The van der Waals surface area contributed by atoms with Crippen molar-refractivity contribution in [2.75, 3.05) is 4.90 Å². The molecule has 2 aromatic rings. The first kappa shape index (κ1) is 14.7. The minimum absolute atomic E-state index is 0.0354. The van der Waals surface area contributed by atoms with Crippen LogP contribution in [0.15, 0.2) is 48.5 Å². The molecule has 118 valence electrons. The van der Waals surface area contributed by atoms with Gasteiger partial charge in [-0.15, -0.1) is 0 Å². The van der Waals surface area contributed by atoms with Crippen LogP contribution in [-0.2, 0) is 16.0 Å². The second-order valence-electron chi connectivity index (χ2n) is 6.73. The molecule has 0 saturated carbocycles. The summed E-state index contributed by atoms with van der Waals surface area (Å²) in [6.45, 7) is 4.14. The largest absolute Gasteiger partial charge is 0.362 e. The molecule has 0 bridgehead atoms. The molecule has 2 aliphatic rings. The molecule has 2 unspecified atom stereocenters. The molecule has 3 nitrogen and oxygen atoms in total. The van der Waals surface area contributed by atoms with E-state index in [9.17, 15) is 4.79 Å². The lowest BCUT2D eigenvalue weighted by Crippen LogP contribution is -2.54. The van der Waals surface area contributed by atoms with E-state index in [1.807, 2.05) is 53.4 Å². The van der Waals surface area contributed by atoms with Gasteiger partial charge in [-0.1, -0.05) is 41.9 Å². The van der Waals surface area contributed by atoms with Crippen LogP contribution in [0, 0.1) is 0 Å². The van der Waals surface area contributed by atoms with Crippen LogP contribution in [0.4, 0.5) is 5.69 Å². The number of rotatable bonds is 2. The summed E-state index contributed by atoms with van der Waals surface area (Å²) >= 11 is 6.13. The predicted molar refractivity (Wildman–Crippen MR) is 90.8 cm³/mol. The summed E-state index contributed by atoms with van der Waals surface area (Å²) in [4.78, 5) is 14.9. The number of halogens is 1. The number of ether oxygens (including phenoxy) is 1. The van der Waals surface area contributed by atoms with E-state index in [4.69, 9.17) is 16.3 Å². The van der Waals surface area contributed by atoms with Gasteiger partial charge in [-0.3, -0.25) is 4.79 Å². The number of carbonyl (C=O) groups is 1. The lowest BCUT2D eigenvalue weighted by Gasteiger charge is -2.41. The van der Waals surface area contributed by atoms with Crippen molar-refractivity contribution in [3.8, 4) is 0 Å². The second-order valence-corrected chi connectivity index (χ2v) is 7.16. The highest BCUT2D eigenvalue weighted by molar-refractivity contribution is 6.30. The summed E-state index contributed by atoms with van der Waals surface area (Å²) < 4.78 is 5.85. The molecule has 4 rings (SSSR count). The fourth-order valence-electron chi connectivity index (χ4n) is 3.59. The van der Waals surface area contributed by atoms with E-state index in [2.05, 4.69) is 13.8 Å². The van der Waals surface area contributed by atoms with Crippen molar-refractivity contribution in [2.45, 2.75) is 38.0 Å². The molecule has 1 saturated heterocycles. The normalized spacial score (nSPS) is 23.9. The Balaban J connectivity index is 1.73. The van der Waals surface area contributed by atoms with Crippen molar-refractivity contribution in [2.24, 2.45) is 0 Å². The monoisotopic (exact) mass is 327 g/mol. The summed E-state index contributed by atoms with van der Waals surface area (Å²) in [6.07, 6.45) is 0.469. The molecular weight excluding hydrogens is 310 g/mol. The zero-order valence-electron chi connectivity index (χ0n) is 13.1. The Hall–Kier alpha value is -1.84. The second kappa shape index (κ2) is 5.08. The fraction of sp³-hybridized carbons (Fsp3) is 0.316. The van der Waals surface area contributed by atoms with Gasteiger partial charge in [-0.05, 0) is 37.6 Å². The minimum Gasteiger partial charge on any atom is -0.362 e. The molecule has 1 amide bonds. The number of hydrogen-bond donors (Lipinski definition) is 0. The van der Waals surface area contributed by atoms with Gasteiger partial charge >= 0.3 is 0 Å². The standard InChI is InChI=1S/C19H18ClNO2/c1-19(2)18-17(23-18)14-11-13(20)8-9-15(14)21(19)16(22)10-12-6-4-3-5-7-12/h3-9,11,17-18H,10H2,1-2H3. The van der Waals surface area contributed by atoms with E-state index in [1.54, 1.807) is 0 Å². The van der Waals surface area contributed by atoms with Crippen LogP contribution in [0.5, 0.6) is 0 Å². The van der Waals surface area contributed by atoms with Crippen LogP contribution >= 0.6 is 11.6 Å². The Morgan fingerprint density at radius 3 is 2.70 bits per heavy atom. The van der Waals surface area contributed by atoms with Gasteiger partial charge in [-0.2, -0.15) is 0 Å². The maximum atomic E-state index is 13.0. The third-order valence-electron chi connectivity index (χ3n) is 4.75. The third-order valence-corrected chi connectivity index (χ3v) is 4.98. The summed E-state index contributed by atoms with van der Waals surface area (Å²) in [5.41, 5.74) is 2.59. The molecule has 0 radical (unpaired) electrons. The van der Waals surface area contributed by atoms with E-state index in [-0.39, 0.29) is 23.7 Å². The SMILES string of the molecule is CC1(C)C2OC2c2cc(Cl)ccc2N1C(=O)Cc1ccccc1. The van der Waals surface area contributed by atoms with E-state index in [1.165, 1.54) is 0 Å². The highest BCUT2D eigenvalue weighted by Crippen LogP contribution is 2.55. The molecule has 2 atom stereocenters. The van der Waals surface area contributed by atoms with Crippen molar-refractivity contribution in [1.29, 1.82) is 0 Å². The summed E-state index contributed by atoms with van der Waals surface area (Å²) in [6, 6.07) is 15.5. The van der Waals surface area contributed by atoms with Crippen LogP contribution in [0.25, 0.3) is 0 Å². The number of anilines is 1. The van der Waals surface area contributed by atoms with E-state index in [0.29, 0.717) is 11.4 Å². The van der Waals surface area contributed by atoms with Crippen LogP contribution in [0.2, 0.25) is 5.02 Å². The number of carbonyl (C=O) groups excluding carboxylic acids is 1. The van der Waals surface area contributed by atoms with Gasteiger partial charge < -0.3 is 9.64 Å². The molecule has 4 heteroatoms. The average molecular weight is 328 g/mol. The molecule has 0 aliphatic carbocycles. The van der Waals surface area contributed by atoms with Crippen molar-refractivity contribution in [3.05, 3.63) is 64.7 Å². The van der Waals surface area contributed by atoms with Gasteiger partial charge in [0.25, 0.3) is 0 Å². The minimum atomic E-state index is -0.364. The first-order valence-corrected chi connectivity index (χ1v) is 8.18. The highest BCUT2D eigenvalue weighted by atomic mass is 35.5. The summed E-state index contributed by atoms with van der Waals surface area (Å²) in [7, 11) is 0. The number of hydrogen-bond acceptors (Lipinski definition) is 2. The highest BCUT2D eigenvalue weighted by Gasteiger charge is 2.59. The van der Waals surface area contributed by atoms with Crippen molar-refractivity contribution < 1.29 is 9.53 Å². The van der Waals surface area contributed by atoms with Crippen LogP contribution in [0.3, 0.4) is 0 Å². The number of fused-ring (bicyclic) bond motifs is 3. The first-order valence-electron chi connectivity index (χ1n) is 7.80. The Kier molecular flexibility index (Phi) is 3.26. The zero-order chi connectivity index (χ0) is 16.2. The van der Waals surface area contributed by atoms with Crippen molar-refractivity contribution in [1.82, 2.24) is 0 Å². The van der Waals surface area contributed by atoms with Gasteiger partial charge in [0.1, 0.15) is 12.2 Å². The fourth-order valence-corrected chi connectivity index (χ4v) is 3.77. The average Bonchev–Trinajstić information content (AvgIpc) is 3.30. The Bertz CT molecular complexity index is 772. The van der Waals surface area contributed by atoms with E-state index < -0.39 is 0 Å². The quantitative estimate of drug-likeness (QED) is 0.776. The molecule has 2 heterocycles. The van der Waals surface area contributed by atoms with Gasteiger partial charge in [0.15, 0.2) is 0 Å². The Morgan fingerprint density at radius 1 is 1.22 bits per heavy atom. The van der Waals surface area contributed by atoms with Gasteiger partial charge in [0.2, 0.25) is 5.91 Å². The number of benzene rings is 2. The molecular formula is C19H18ClNO2. The molecule has 0 spiro atoms. The third kappa shape index (κ3) is 2.35. The molecule has 0 aromatic heterocycles. The van der Waals surface area contributed by atoms with Gasteiger partial charge in [0.05, 0.1) is 17.6 Å². The molecule has 2 aliphatic heterocycles. The number of amides is 1.